The minimum Gasteiger partial charge on any atom is -0.507 e. The van der Waals surface area contributed by atoms with Crippen LogP contribution in [-0.2, 0) is 0 Å². The van der Waals surface area contributed by atoms with E-state index in [1.165, 1.54) is 31.4 Å². The van der Waals surface area contributed by atoms with Crippen molar-refractivity contribution in [1.82, 2.24) is 0 Å². The van der Waals surface area contributed by atoms with E-state index in [0.717, 1.165) is 6.07 Å². The molecule has 0 aliphatic heterocycles. The average Bonchev–Trinajstić information content (AvgIpc) is 2.30. The van der Waals surface area contributed by atoms with Crippen molar-refractivity contribution < 1.29 is 18.6 Å². The molecule has 0 bridgehead atoms. The van der Waals surface area contributed by atoms with Crippen LogP contribution in [0.25, 0.3) is 11.1 Å². The molecular weight excluding hydrogens is 226 g/mol. The van der Waals surface area contributed by atoms with E-state index in [9.17, 15) is 13.9 Å². The van der Waals surface area contributed by atoms with Crippen LogP contribution in [0.4, 0.5) is 8.78 Å². The van der Waals surface area contributed by atoms with Crippen LogP contribution in [0.5, 0.6) is 11.5 Å². The second kappa shape index (κ2) is 4.41. The third-order valence-corrected chi connectivity index (χ3v) is 2.43. The minimum atomic E-state index is -0.569. The van der Waals surface area contributed by atoms with Crippen molar-refractivity contribution in [3.8, 4) is 22.6 Å². The predicted octanol–water partition coefficient (Wildman–Crippen LogP) is 3.35. The fraction of sp³-hybridized carbons (Fsp3) is 0.0769. The maximum absolute atomic E-state index is 13.7. The van der Waals surface area contributed by atoms with E-state index < -0.39 is 11.6 Å². The quantitative estimate of drug-likeness (QED) is 0.866. The van der Waals surface area contributed by atoms with Gasteiger partial charge in [-0.2, -0.15) is 0 Å². The summed E-state index contributed by atoms with van der Waals surface area (Å²) >= 11 is 0. The van der Waals surface area contributed by atoms with Crippen molar-refractivity contribution in [3.05, 3.63) is 48.0 Å². The molecule has 2 aromatic carbocycles. The summed E-state index contributed by atoms with van der Waals surface area (Å²) in [5.41, 5.74) is 0.440. The third-order valence-electron chi connectivity index (χ3n) is 2.43. The van der Waals surface area contributed by atoms with Crippen LogP contribution in [-0.4, -0.2) is 12.2 Å². The van der Waals surface area contributed by atoms with Crippen LogP contribution in [0, 0.1) is 11.6 Å². The van der Waals surface area contributed by atoms with Crippen LogP contribution in [0.15, 0.2) is 36.4 Å². The van der Waals surface area contributed by atoms with Gasteiger partial charge < -0.3 is 9.84 Å². The van der Waals surface area contributed by atoms with E-state index in [4.69, 9.17) is 4.74 Å². The number of phenols is 1. The first kappa shape index (κ1) is 11.4. The molecule has 2 rings (SSSR count). The highest BCUT2D eigenvalue weighted by atomic mass is 19.1. The van der Waals surface area contributed by atoms with Crippen molar-refractivity contribution in [1.29, 1.82) is 0 Å². The smallest absolute Gasteiger partial charge is 0.134 e. The number of ether oxygens (including phenoxy) is 1. The summed E-state index contributed by atoms with van der Waals surface area (Å²) in [5.74, 6) is -1.02. The van der Waals surface area contributed by atoms with Gasteiger partial charge in [0.1, 0.15) is 23.1 Å². The molecule has 0 amide bonds. The lowest BCUT2D eigenvalue weighted by Crippen LogP contribution is -1.89. The largest absolute Gasteiger partial charge is 0.507 e. The molecule has 17 heavy (non-hydrogen) atoms. The molecule has 2 nitrogen and oxygen atoms in total. The van der Waals surface area contributed by atoms with E-state index in [1.54, 1.807) is 6.07 Å². The maximum atomic E-state index is 13.7. The lowest BCUT2D eigenvalue weighted by molar-refractivity contribution is 0.411. The van der Waals surface area contributed by atoms with Gasteiger partial charge in [-0.15, -0.1) is 0 Å². The highest BCUT2D eigenvalue weighted by molar-refractivity contribution is 5.71. The second-order valence-electron chi connectivity index (χ2n) is 3.51. The molecule has 0 saturated heterocycles. The molecule has 0 radical (unpaired) electrons. The fourth-order valence-electron chi connectivity index (χ4n) is 1.57. The molecule has 88 valence electrons. The van der Waals surface area contributed by atoms with Gasteiger partial charge in [0.15, 0.2) is 0 Å². The molecule has 0 atom stereocenters. The zero-order valence-electron chi connectivity index (χ0n) is 9.08. The number of methoxy groups -OCH3 is 1. The first-order valence-corrected chi connectivity index (χ1v) is 4.94. The fourth-order valence-corrected chi connectivity index (χ4v) is 1.57. The number of halogens is 2. The van der Waals surface area contributed by atoms with Crippen LogP contribution in [0.1, 0.15) is 0 Å². The van der Waals surface area contributed by atoms with E-state index >= 15 is 0 Å². The minimum absolute atomic E-state index is 0.198. The second-order valence-corrected chi connectivity index (χ2v) is 3.51. The van der Waals surface area contributed by atoms with Crippen molar-refractivity contribution in [2.75, 3.05) is 7.11 Å². The Kier molecular flexibility index (Phi) is 2.95. The summed E-state index contributed by atoms with van der Waals surface area (Å²) in [5, 5.41) is 9.56. The molecule has 0 aromatic heterocycles. The zero-order valence-corrected chi connectivity index (χ0v) is 9.08. The lowest BCUT2D eigenvalue weighted by atomic mass is 10.0. The van der Waals surface area contributed by atoms with E-state index in [0.29, 0.717) is 5.75 Å². The molecule has 0 spiro atoms. The standard InChI is InChI=1S/C13H10F2O2/c1-17-9-3-5-10(12(15)7-9)11-4-2-8(14)6-13(11)16/h2-7,16H,1H3. The Bertz CT molecular complexity index is 553. The first-order chi connectivity index (χ1) is 8.11. The highest BCUT2D eigenvalue weighted by Gasteiger charge is 2.11. The number of benzene rings is 2. The Morgan fingerprint density at radius 3 is 2.29 bits per heavy atom. The zero-order chi connectivity index (χ0) is 12.4. The van der Waals surface area contributed by atoms with Gasteiger partial charge in [-0.3, -0.25) is 0 Å². The third kappa shape index (κ3) is 2.20. The van der Waals surface area contributed by atoms with Gasteiger partial charge in [0.2, 0.25) is 0 Å². The summed E-state index contributed by atoms with van der Waals surface area (Å²) < 4.78 is 31.4. The molecule has 0 unspecified atom stereocenters. The lowest BCUT2D eigenvalue weighted by Gasteiger charge is -2.07. The highest BCUT2D eigenvalue weighted by Crippen LogP contribution is 2.32. The van der Waals surface area contributed by atoms with Crippen molar-refractivity contribution in [2.45, 2.75) is 0 Å². The van der Waals surface area contributed by atoms with E-state index in [-0.39, 0.29) is 16.9 Å². The van der Waals surface area contributed by atoms with E-state index in [1.807, 2.05) is 0 Å². The predicted molar refractivity (Wildman–Crippen MR) is 60.0 cm³/mol. The first-order valence-electron chi connectivity index (χ1n) is 4.94. The molecule has 0 saturated carbocycles. The van der Waals surface area contributed by atoms with Crippen molar-refractivity contribution >= 4 is 0 Å². The Hall–Kier alpha value is -2.10. The number of aromatic hydroxyl groups is 1. The molecule has 0 heterocycles. The molecule has 0 aliphatic rings. The summed E-state index contributed by atoms with van der Waals surface area (Å²) in [4.78, 5) is 0. The Labute approximate surface area is 97.1 Å². The Balaban J connectivity index is 2.53. The molecular formula is C13H10F2O2. The number of hydrogen-bond donors (Lipinski definition) is 1. The normalized spacial score (nSPS) is 10.3. The van der Waals surface area contributed by atoms with Crippen molar-refractivity contribution in [3.63, 3.8) is 0 Å². The molecule has 1 N–H and O–H groups in total. The maximum Gasteiger partial charge on any atom is 0.134 e. The van der Waals surface area contributed by atoms with Crippen molar-refractivity contribution in [2.24, 2.45) is 0 Å². The number of hydrogen-bond acceptors (Lipinski definition) is 2. The molecule has 4 heteroatoms. The topological polar surface area (TPSA) is 29.5 Å². The Morgan fingerprint density at radius 1 is 1.00 bits per heavy atom. The van der Waals surface area contributed by atoms with Crippen LogP contribution in [0.3, 0.4) is 0 Å². The number of rotatable bonds is 2. The Morgan fingerprint density at radius 2 is 1.71 bits per heavy atom. The molecule has 0 aliphatic carbocycles. The monoisotopic (exact) mass is 236 g/mol. The van der Waals surface area contributed by atoms with Gasteiger partial charge in [-0.1, -0.05) is 0 Å². The summed E-state index contributed by atoms with van der Waals surface area (Å²) in [6, 6.07) is 7.69. The average molecular weight is 236 g/mol. The van der Waals surface area contributed by atoms with Crippen LogP contribution >= 0.6 is 0 Å². The van der Waals surface area contributed by atoms with Gasteiger partial charge in [0, 0.05) is 23.3 Å². The van der Waals surface area contributed by atoms with Gasteiger partial charge >= 0.3 is 0 Å². The summed E-state index contributed by atoms with van der Waals surface area (Å²) in [7, 11) is 1.43. The van der Waals surface area contributed by atoms with E-state index in [2.05, 4.69) is 0 Å². The van der Waals surface area contributed by atoms with Crippen LogP contribution in [0.2, 0.25) is 0 Å². The van der Waals surface area contributed by atoms with Gasteiger partial charge in [0.05, 0.1) is 7.11 Å². The molecule has 0 fully saturated rings. The summed E-state index contributed by atoms with van der Waals surface area (Å²) in [6.07, 6.45) is 0. The van der Waals surface area contributed by atoms with Gasteiger partial charge in [-0.05, 0) is 24.3 Å². The van der Waals surface area contributed by atoms with Gasteiger partial charge in [0.25, 0.3) is 0 Å². The summed E-state index contributed by atoms with van der Waals surface area (Å²) in [6.45, 7) is 0. The van der Waals surface area contributed by atoms with Gasteiger partial charge in [-0.25, -0.2) is 8.78 Å². The number of phenolic OH excluding ortho intramolecular Hbond substituents is 1. The SMILES string of the molecule is COc1ccc(-c2ccc(F)cc2O)c(F)c1. The molecule has 2 aromatic rings. The van der Waals surface area contributed by atoms with Crippen LogP contribution < -0.4 is 4.74 Å².